The van der Waals surface area contributed by atoms with Crippen LogP contribution < -0.4 is 0 Å². The first kappa shape index (κ1) is 68.2. The lowest BCUT2D eigenvalue weighted by Crippen LogP contribution is -2.37. The number of phosphoric acid groups is 1. The van der Waals surface area contributed by atoms with Crippen LogP contribution in [0.2, 0.25) is 0 Å². The third-order valence-corrected chi connectivity index (χ3v) is 14.2. The molecule has 2 atom stereocenters. The molecule has 10 heteroatoms. The maximum Gasteiger partial charge on any atom is 0.472 e. The number of hydrogen-bond donors (Lipinski definition) is 1. The van der Waals surface area contributed by atoms with Crippen molar-refractivity contribution in [2.75, 3.05) is 47.5 Å². The molecule has 0 fully saturated rings. The van der Waals surface area contributed by atoms with Gasteiger partial charge in [-0.05, 0) is 51.4 Å². The molecule has 0 aliphatic rings. The number of carbonyl (C=O) groups is 2. The Bertz CT molecular complexity index is 1280. The van der Waals surface area contributed by atoms with E-state index in [0.717, 1.165) is 57.8 Å². The summed E-state index contributed by atoms with van der Waals surface area (Å²) in [7, 11) is 1.48. The molecule has 0 aliphatic heterocycles. The molecule has 0 radical (unpaired) electrons. The number of carbonyl (C=O) groups excluding carboxylic acids is 2. The van der Waals surface area contributed by atoms with Gasteiger partial charge in [0.2, 0.25) is 0 Å². The SMILES string of the molecule is CCCCCCC/C=C\C/C=C\C/C=C\CCCCCCCCCCC(=O)OC(COC(=O)CCCCCCCCCCCCCCCCCCCCCCCCC)COP(=O)(O)OCC[N+](C)(C)C. The summed E-state index contributed by atoms with van der Waals surface area (Å²) in [6, 6.07) is 0. The molecule has 0 amide bonds. The second-order valence-electron chi connectivity index (χ2n) is 21.4. The molecule has 0 saturated carbocycles. The number of hydrogen-bond acceptors (Lipinski definition) is 7. The minimum absolute atomic E-state index is 0.0314. The zero-order valence-corrected chi connectivity index (χ0v) is 47.7. The van der Waals surface area contributed by atoms with Gasteiger partial charge in [0.15, 0.2) is 6.10 Å². The highest BCUT2D eigenvalue weighted by atomic mass is 31.2. The van der Waals surface area contributed by atoms with Crippen LogP contribution in [0.5, 0.6) is 0 Å². The van der Waals surface area contributed by atoms with Crippen molar-refractivity contribution in [3.05, 3.63) is 36.5 Å². The van der Waals surface area contributed by atoms with E-state index >= 15 is 0 Å². The Balaban J connectivity index is 4.15. The Morgan fingerprint density at radius 3 is 1.14 bits per heavy atom. The van der Waals surface area contributed by atoms with Crippen LogP contribution in [0.3, 0.4) is 0 Å². The van der Waals surface area contributed by atoms with Crippen LogP contribution in [-0.2, 0) is 32.7 Å². The Labute approximate surface area is 433 Å². The molecule has 1 N–H and O–H groups in total. The van der Waals surface area contributed by atoms with Crippen LogP contribution in [0.1, 0.15) is 284 Å². The van der Waals surface area contributed by atoms with Gasteiger partial charge in [0.25, 0.3) is 0 Å². The van der Waals surface area contributed by atoms with Crippen LogP contribution >= 0.6 is 7.82 Å². The van der Waals surface area contributed by atoms with Gasteiger partial charge in [-0.2, -0.15) is 0 Å². The Hall–Kier alpha value is -1.77. The van der Waals surface area contributed by atoms with Gasteiger partial charge in [0.05, 0.1) is 27.7 Å². The number of rotatable bonds is 55. The molecule has 0 spiro atoms. The van der Waals surface area contributed by atoms with E-state index < -0.39 is 26.5 Å². The number of nitrogens with zero attached hydrogens (tertiary/aromatic N) is 1. The van der Waals surface area contributed by atoms with E-state index in [0.29, 0.717) is 23.9 Å². The van der Waals surface area contributed by atoms with Crippen LogP contribution in [0, 0.1) is 0 Å². The molecule has 0 heterocycles. The minimum atomic E-state index is -4.39. The maximum absolute atomic E-state index is 12.8. The second kappa shape index (κ2) is 52.1. The average molecular weight is 1010 g/mol. The largest absolute Gasteiger partial charge is 0.472 e. The Morgan fingerprint density at radius 2 is 0.771 bits per heavy atom. The van der Waals surface area contributed by atoms with Gasteiger partial charge in [0, 0.05) is 12.8 Å². The van der Waals surface area contributed by atoms with Gasteiger partial charge in [-0.1, -0.05) is 256 Å². The minimum Gasteiger partial charge on any atom is -0.462 e. The van der Waals surface area contributed by atoms with Gasteiger partial charge in [-0.25, -0.2) is 4.57 Å². The third kappa shape index (κ3) is 55.5. The molecule has 0 bridgehead atoms. The standard InChI is InChI=1S/C60H114NO8P/c1-6-8-10-12-14-16-18-20-22-24-26-28-30-32-34-36-38-40-42-44-46-48-50-52-59(62)66-56-58(57-68-70(64,65)67-55-54-61(3,4)5)69-60(63)53-51-49-47-45-43-41-39-37-35-33-31-29-27-25-23-21-19-17-15-13-11-9-7-2/h19,21,25,27,31,33,58H,6-18,20,22-24,26,28-30,32,34-57H2,1-5H3/p+1/b21-19-,27-25-,33-31-. The van der Waals surface area contributed by atoms with E-state index in [2.05, 4.69) is 50.3 Å². The smallest absolute Gasteiger partial charge is 0.462 e. The lowest BCUT2D eigenvalue weighted by atomic mass is 10.0. The number of quaternary nitrogens is 1. The van der Waals surface area contributed by atoms with Gasteiger partial charge < -0.3 is 18.9 Å². The quantitative estimate of drug-likeness (QED) is 0.0211. The Kier molecular flexibility index (Phi) is 50.8. The molecular weight excluding hydrogens is 894 g/mol. The maximum atomic E-state index is 12.8. The fourth-order valence-corrected chi connectivity index (χ4v) is 9.30. The summed E-state index contributed by atoms with van der Waals surface area (Å²) in [5.74, 6) is -0.792. The van der Waals surface area contributed by atoms with Gasteiger partial charge in [-0.3, -0.25) is 18.6 Å². The van der Waals surface area contributed by atoms with Gasteiger partial charge >= 0.3 is 19.8 Å². The molecule has 412 valence electrons. The topological polar surface area (TPSA) is 108 Å². The summed E-state index contributed by atoms with van der Waals surface area (Å²) in [5, 5.41) is 0. The van der Waals surface area contributed by atoms with Gasteiger partial charge in [0.1, 0.15) is 19.8 Å². The van der Waals surface area contributed by atoms with Crippen LogP contribution in [0.15, 0.2) is 36.5 Å². The second-order valence-corrected chi connectivity index (χ2v) is 22.8. The predicted octanol–water partition coefficient (Wildman–Crippen LogP) is 18.4. The number of esters is 2. The highest BCUT2D eigenvalue weighted by Crippen LogP contribution is 2.43. The highest BCUT2D eigenvalue weighted by molar-refractivity contribution is 7.47. The van der Waals surface area contributed by atoms with Crippen molar-refractivity contribution in [3.63, 3.8) is 0 Å². The van der Waals surface area contributed by atoms with Crippen LogP contribution in [0.25, 0.3) is 0 Å². The fraction of sp³-hybridized carbons (Fsp3) is 0.867. The van der Waals surface area contributed by atoms with Crippen molar-refractivity contribution >= 4 is 19.8 Å². The lowest BCUT2D eigenvalue weighted by Gasteiger charge is -2.24. The van der Waals surface area contributed by atoms with Crippen molar-refractivity contribution in [2.24, 2.45) is 0 Å². The van der Waals surface area contributed by atoms with Crippen molar-refractivity contribution in [1.82, 2.24) is 0 Å². The first-order chi connectivity index (χ1) is 34.0. The molecule has 0 aromatic heterocycles. The predicted molar refractivity (Wildman–Crippen MR) is 298 cm³/mol. The van der Waals surface area contributed by atoms with Gasteiger partial charge in [-0.15, -0.1) is 0 Å². The summed E-state index contributed by atoms with van der Waals surface area (Å²) >= 11 is 0. The summed E-state index contributed by atoms with van der Waals surface area (Å²) in [6.45, 7) is 4.46. The van der Waals surface area contributed by atoms with E-state index in [1.54, 1.807) is 0 Å². The summed E-state index contributed by atoms with van der Waals surface area (Å²) in [6.07, 6.45) is 63.5. The van der Waals surface area contributed by atoms with E-state index in [1.165, 1.54) is 193 Å². The number of allylic oxidation sites excluding steroid dienone is 6. The van der Waals surface area contributed by atoms with Crippen molar-refractivity contribution in [3.8, 4) is 0 Å². The average Bonchev–Trinajstić information content (AvgIpc) is 3.32. The molecule has 9 nitrogen and oxygen atoms in total. The van der Waals surface area contributed by atoms with Crippen molar-refractivity contribution < 1.29 is 42.1 Å². The first-order valence-electron chi connectivity index (χ1n) is 29.7. The number of unbranched alkanes of at least 4 members (excludes halogenated alkanes) is 35. The zero-order valence-electron chi connectivity index (χ0n) is 46.8. The molecule has 0 aromatic carbocycles. The number of phosphoric ester groups is 1. The molecule has 0 aromatic rings. The van der Waals surface area contributed by atoms with E-state index in [4.69, 9.17) is 18.5 Å². The summed E-state index contributed by atoms with van der Waals surface area (Å²) < 4.78 is 34.6. The highest BCUT2D eigenvalue weighted by Gasteiger charge is 2.27. The number of likely N-dealkylation sites (N-methyl/N-ethyl adjacent to an activating group) is 1. The third-order valence-electron chi connectivity index (χ3n) is 13.2. The van der Waals surface area contributed by atoms with Crippen LogP contribution in [-0.4, -0.2) is 74.9 Å². The fourth-order valence-electron chi connectivity index (χ4n) is 8.55. The zero-order chi connectivity index (χ0) is 51.3. The van der Waals surface area contributed by atoms with Crippen molar-refractivity contribution in [1.29, 1.82) is 0 Å². The van der Waals surface area contributed by atoms with E-state index in [1.807, 2.05) is 21.1 Å². The molecule has 0 rings (SSSR count). The summed E-state index contributed by atoms with van der Waals surface area (Å²) in [5.41, 5.74) is 0. The monoisotopic (exact) mass is 1010 g/mol. The number of ether oxygens (including phenoxy) is 2. The Morgan fingerprint density at radius 1 is 0.443 bits per heavy atom. The summed E-state index contributed by atoms with van der Waals surface area (Å²) in [4.78, 5) is 35.7. The van der Waals surface area contributed by atoms with Crippen molar-refractivity contribution in [2.45, 2.75) is 290 Å². The van der Waals surface area contributed by atoms with Crippen LogP contribution in [0.4, 0.5) is 0 Å². The molecular formula is C60H115NO8P+. The molecule has 2 unspecified atom stereocenters. The molecule has 70 heavy (non-hydrogen) atoms. The van der Waals surface area contributed by atoms with E-state index in [-0.39, 0.29) is 25.6 Å². The lowest BCUT2D eigenvalue weighted by molar-refractivity contribution is -0.870. The van der Waals surface area contributed by atoms with E-state index in [9.17, 15) is 19.0 Å². The first-order valence-corrected chi connectivity index (χ1v) is 31.2. The normalized spacial score (nSPS) is 13.5. The molecule has 0 saturated heterocycles. The molecule has 0 aliphatic carbocycles.